The molecule has 8 heteroatoms. The number of anilines is 1. The van der Waals surface area contributed by atoms with Crippen LogP contribution < -0.4 is 4.90 Å². The minimum absolute atomic E-state index is 0.0790. The van der Waals surface area contributed by atoms with Crippen molar-refractivity contribution in [1.82, 2.24) is 0 Å². The number of thioether (sulfide) groups is 1. The van der Waals surface area contributed by atoms with Crippen LogP contribution in [0.25, 0.3) is 28.2 Å². The van der Waals surface area contributed by atoms with Gasteiger partial charge in [0.15, 0.2) is 0 Å². The lowest BCUT2D eigenvalue weighted by Gasteiger charge is -2.15. The number of imide groups is 1. The molecule has 7 nitrogen and oxygen atoms in total. The maximum atomic E-state index is 13.1. The number of hydrogen-bond acceptors (Lipinski definition) is 6. The first kappa shape index (κ1) is 19.8. The maximum absolute atomic E-state index is 13.1. The molecule has 2 amide bonds. The van der Waals surface area contributed by atoms with Crippen molar-refractivity contribution in [2.24, 2.45) is 0 Å². The summed E-state index contributed by atoms with van der Waals surface area (Å²) in [7, 11) is 0. The Labute approximate surface area is 186 Å². The van der Waals surface area contributed by atoms with Gasteiger partial charge in [-0.25, -0.2) is 4.90 Å². The number of nitro benzene ring substituents is 1. The van der Waals surface area contributed by atoms with Crippen molar-refractivity contribution in [2.75, 3.05) is 4.90 Å². The molecule has 0 radical (unpaired) electrons. The van der Waals surface area contributed by atoms with Gasteiger partial charge >= 0.3 is 0 Å². The van der Waals surface area contributed by atoms with Gasteiger partial charge in [-0.3, -0.25) is 19.7 Å². The fourth-order valence-corrected chi connectivity index (χ4v) is 4.44. The van der Waals surface area contributed by atoms with E-state index in [4.69, 9.17) is 4.42 Å². The Bertz CT molecular complexity index is 1430. The summed E-state index contributed by atoms with van der Waals surface area (Å²) < 4.78 is 5.74. The van der Waals surface area contributed by atoms with Crippen LogP contribution in [0.3, 0.4) is 0 Å². The summed E-state index contributed by atoms with van der Waals surface area (Å²) >= 11 is 0.823. The van der Waals surface area contributed by atoms with Crippen LogP contribution in [-0.4, -0.2) is 16.1 Å². The SMILES string of the molecule is O=C1S/C(=C\c2ccc(-c3ccccc3[N+](=O)[O-])o2)C(=O)N1c1cccc2ccccc12. The summed E-state index contributed by atoms with van der Waals surface area (Å²) in [5.74, 6) is 0.179. The molecule has 1 aliphatic heterocycles. The Balaban J connectivity index is 1.49. The highest BCUT2D eigenvalue weighted by atomic mass is 32.2. The Hall–Kier alpha value is -4.17. The van der Waals surface area contributed by atoms with Crippen LogP contribution in [0.2, 0.25) is 0 Å². The molecule has 0 saturated carbocycles. The summed E-state index contributed by atoms with van der Waals surface area (Å²) in [6.45, 7) is 0. The number of fused-ring (bicyclic) bond motifs is 1. The zero-order valence-corrected chi connectivity index (χ0v) is 17.2. The van der Waals surface area contributed by atoms with Crippen molar-refractivity contribution in [3.8, 4) is 11.3 Å². The molecule has 32 heavy (non-hydrogen) atoms. The van der Waals surface area contributed by atoms with Crippen LogP contribution in [-0.2, 0) is 4.79 Å². The van der Waals surface area contributed by atoms with E-state index in [0.717, 1.165) is 27.4 Å². The van der Waals surface area contributed by atoms with Crippen LogP contribution in [0.5, 0.6) is 0 Å². The highest BCUT2D eigenvalue weighted by Gasteiger charge is 2.37. The third-order valence-electron chi connectivity index (χ3n) is 5.07. The first-order chi connectivity index (χ1) is 15.5. The average molecular weight is 442 g/mol. The lowest BCUT2D eigenvalue weighted by atomic mass is 10.1. The molecule has 3 aromatic carbocycles. The van der Waals surface area contributed by atoms with E-state index >= 15 is 0 Å². The van der Waals surface area contributed by atoms with E-state index in [1.807, 2.05) is 30.3 Å². The lowest BCUT2D eigenvalue weighted by Crippen LogP contribution is -2.27. The standard InChI is InChI=1S/C24H14N2O5S/c27-23-22(14-16-12-13-21(31-16)18-9-3-4-10-20(18)26(29)30)32-24(28)25(23)19-11-5-7-15-6-1-2-8-17(15)19/h1-14H/b22-14-. The summed E-state index contributed by atoms with van der Waals surface area (Å²) in [6, 6.07) is 22.4. The number of nitrogens with zero attached hydrogens (tertiary/aromatic N) is 2. The first-order valence-corrected chi connectivity index (χ1v) is 10.4. The number of furan rings is 1. The van der Waals surface area contributed by atoms with Gasteiger partial charge in [-0.15, -0.1) is 0 Å². The second-order valence-electron chi connectivity index (χ2n) is 6.99. The van der Waals surface area contributed by atoms with Crippen LogP contribution in [0, 0.1) is 10.1 Å². The van der Waals surface area contributed by atoms with Gasteiger partial charge in [-0.05, 0) is 41.4 Å². The highest BCUT2D eigenvalue weighted by molar-refractivity contribution is 8.19. The monoisotopic (exact) mass is 442 g/mol. The molecule has 5 rings (SSSR count). The largest absolute Gasteiger partial charge is 0.456 e. The fraction of sp³-hybridized carbons (Fsp3) is 0. The van der Waals surface area contributed by atoms with Crippen LogP contribution in [0.4, 0.5) is 16.2 Å². The number of rotatable bonds is 4. The molecule has 4 aromatic rings. The summed E-state index contributed by atoms with van der Waals surface area (Å²) in [5, 5.41) is 12.6. The van der Waals surface area contributed by atoms with Gasteiger partial charge in [0.25, 0.3) is 16.8 Å². The number of hydrogen-bond donors (Lipinski definition) is 0. The zero-order chi connectivity index (χ0) is 22.2. The van der Waals surface area contributed by atoms with E-state index in [1.54, 1.807) is 42.5 Å². The van der Waals surface area contributed by atoms with Crippen molar-refractivity contribution in [3.05, 3.63) is 99.6 Å². The lowest BCUT2D eigenvalue weighted by molar-refractivity contribution is -0.384. The highest BCUT2D eigenvalue weighted by Crippen LogP contribution is 2.39. The predicted octanol–water partition coefficient (Wildman–Crippen LogP) is 6.25. The number of para-hydroxylation sites is 1. The predicted molar refractivity (Wildman–Crippen MR) is 123 cm³/mol. The Kier molecular flexibility index (Phi) is 4.84. The Morgan fingerprint density at radius 1 is 0.906 bits per heavy atom. The maximum Gasteiger partial charge on any atom is 0.298 e. The quantitative estimate of drug-likeness (QED) is 0.211. The second-order valence-corrected chi connectivity index (χ2v) is 7.98. The van der Waals surface area contributed by atoms with Crippen LogP contribution >= 0.6 is 11.8 Å². The Morgan fingerprint density at radius 3 is 2.50 bits per heavy atom. The van der Waals surface area contributed by atoms with Gasteiger partial charge in [0.1, 0.15) is 11.5 Å². The van der Waals surface area contributed by atoms with E-state index in [-0.39, 0.29) is 10.6 Å². The molecule has 1 saturated heterocycles. The van der Waals surface area contributed by atoms with Crippen molar-refractivity contribution in [3.63, 3.8) is 0 Å². The first-order valence-electron chi connectivity index (χ1n) is 9.62. The van der Waals surface area contributed by atoms with Crippen molar-refractivity contribution in [1.29, 1.82) is 0 Å². The van der Waals surface area contributed by atoms with Crippen molar-refractivity contribution in [2.45, 2.75) is 0 Å². The van der Waals surface area contributed by atoms with Crippen LogP contribution in [0.15, 0.2) is 88.2 Å². The van der Waals surface area contributed by atoms with E-state index in [1.165, 1.54) is 12.1 Å². The van der Waals surface area contributed by atoms with Gasteiger partial charge in [-0.1, -0.05) is 48.5 Å². The van der Waals surface area contributed by atoms with Gasteiger partial charge < -0.3 is 4.42 Å². The molecule has 0 bridgehead atoms. The number of nitro groups is 1. The molecule has 2 heterocycles. The minimum Gasteiger partial charge on any atom is -0.456 e. The minimum atomic E-state index is -0.479. The molecule has 0 aliphatic carbocycles. The topological polar surface area (TPSA) is 93.7 Å². The van der Waals surface area contributed by atoms with Gasteiger partial charge in [0.2, 0.25) is 0 Å². The third kappa shape index (κ3) is 3.36. The summed E-state index contributed by atoms with van der Waals surface area (Å²) in [6.07, 6.45) is 1.48. The summed E-state index contributed by atoms with van der Waals surface area (Å²) in [4.78, 5) is 37.9. The molecule has 0 atom stereocenters. The number of amides is 2. The number of carbonyl (C=O) groups excluding carboxylic acids is 2. The normalized spacial score (nSPS) is 15.1. The van der Waals surface area contributed by atoms with Gasteiger partial charge in [0.05, 0.1) is 21.1 Å². The van der Waals surface area contributed by atoms with E-state index in [9.17, 15) is 19.7 Å². The summed E-state index contributed by atoms with van der Waals surface area (Å²) in [5.41, 5.74) is 0.778. The molecule has 0 spiro atoms. The second kappa shape index (κ2) is 7.82. The molecular weight excluding hydrogens is 428 g/mol. The van der Waals surface area contributed by atoms with E-state index in [2.05, 4.69) is 0 Å². The molecule has 1 fully saturated rings. The van der Waals surface area contributed by atoms with Gasteiger partial charge in [-0.2, -0.15) is 0 Å². The third-order valence-corrected chi connectivity index (χ3v) is 5.94. The Morgan fingerprint density at radius 2 is 1.66 bits per heavy atom. The molecule has 156 valence electrons. The number of benzene rings is 3. The smallest absolute Gasteiger partial charge is 0.298 e. The average Bonchev–Trinajstić information content (AvgIpc) is 3.37. The molecule has 1 aliphatic rings. The van der Waals surface area contributed by atoms with Gasteiger partial charge in [0, 0.05) is 17.5 Å². The fourth-order valence-electron chi connectivity index (χ4n) is 3.62. The van der Waals surface area contributed by atoms with E-state index < -0.39 is 16.1 Å². The molecule has 0 unspecified atom stereocenters. The van der Waals surface area contributed by atoms with Crippen LogP contribution in [0.1, 0.15) is 5.76 Å². The zero-order valence-electron chi connectivity index (χ0n) is 16.4. The van der Waals surface area contributed by atoms with Crippen molar-refractivity contribution < 1.29 is 18.9 Å². The molecule has 1 aromatic heterocycles. The van der Waals surface area contributed by atoms with E-state index in [0.29, 0.717) is 22.8 Å². The number of carbonyl (C=O) groups is 2. The molecule has 0 N–H and O–H groups in total. The van der Waals surface area contributed by atoms with Crippen molar-refractivity contribution >= 4 is 51.1 Å². The molecular formula is C24H14N2O5S.